The molecule has 0 atom stereocenters. The van der Waals surface area contributed by atoms with Gasteiger partial charge in [0.15, 0.2) is 0 Å². The Hall–Kier alpha value is -2.34. The second-order valence-corrected chi connectivity index (χ2v) is 5.38. The number of fused-ring (bicyclic) bond motifs is 1. The Balaban J connectivity index is 2.28. The molecule has 6 nitrogen and oxygen atoms in total. The van der Waals surface area contributed by atoms with Crippen molar-refractivity contribution in [3.63, 3.8) is 0 Å². The van der Waals surface area contributed by atoms with E-state index >= 15 is 0 Å². The minimum Gasteiger partial charge on any atom is -0.362 e. The van der Waals surface area contributed by atoms with Crippen LogP contribution < -0.4 is 10.6 Å². The van der Waals surface area contributed by atoms with E-state index in [1.54, 1.807) is 22.9 Å². The first-order valence-corrected chi connectivity index (χ1v) is 6.80. The van der Waals surface area contributed by atoms with Gasteiger partial charge in [0.2, 0.25) is 0 Å². The fraction of sp³-hybridized carbons (Fsp3) is 0.214. The van der Waals surface area contributed by atoms with Gasteiger partial charge in [0.05, 0.1) is 17.8 Å². The predicted molar refractivity (Wildman–Crippen MR) is 83.0 cm³/mol. The van der Waals surface area contributed by atoms with Gasteiger partial charge in [-0.3, -0.25) is 9.67 Å². The molecule has 2 aromatic heterocycles. The Morgan fingerprint density at radius 2 is 2.14 bits per heavy atom. The predicted octanol–water partition coefficient (Wildman–Crippen LogP) is 1.89. The van der Waals surface area contributed by atoms with E-state index in [9.17, 15) is 4.79 Å². The van der Waals surface area contributed by atoms with E-state index in [2.05, 4.69) is 15.2 Å². The molecule has 108 valence electrons. The number of benzene rings is 1. The fourth-order valence-corrected chi connectivity index (χ4v) is 2.43. The van der Waals surface area contributed by atoms with Crippen LogP contribution in [0.1, 0.15) is 5.69 Å². The Morgan fingerprint density at radius 1 is 1.33 bits per heavy atom. The van der Waals surface area contributed by atoms with Crippen LogP contribution in [0.15, 0.2) is 35.3 Å². The average Bonchev–Trinajstić information content (AvgIpc) is 2.94. The summed E-state index contributed by atoms with van der Waals surface area (Å²) < 4.78 is 1.59. The van der Waals surface area contributed by atoms with Crippen molar-refractivity contribution in [3.05, 3.63) is 51.7 Å². The highest BCUT2D eigenvalue weighted by Gasteiger charge is 2.13. The standard InChI is InChI=1S/C14H14ClN5O/c1-19(2)13-11-4-3-9(15)7-12(11)20(14(21)17-13)8-10-5-6-16-18-10/h3-7H,8H2,1-2H3,(H,16,18). The minimum atomic E-state index is -0.317. The summed E-state index contributed by atoms with van der Waals surface area (Å²) in [5.41, 5.74) is 1.27. The maximum absolute atomic E-state index is 12.3. The molecule has 2 heterocycles. The van der Waals surface area contributed by atoms with Gasteiger partial charge in [0.25, 0.3) is 0 Å². The van der Waals surface area contributed by atoms with E-state index in [-0.39, 0.29) is 5.69 Å². The summed E-state index contributed by atoms with van der Waals surface area (Å²) in [5, 5.41) is 8.20. The first-order chi connectivity index (χ1) is 10.1. The Bertz CT molecular complexity index is 838. The third kappa shape index (κ3) is 2.50. The third-order valence-electron chi connectivity index (χ3n) is 3.23. The smallest absolute Gasteiger partial charge is 0.350 e. The van der Waals surface area contributed by atoms with Crippen LogP contribution in [0.3, 0.4) is 0 Å². The quantitative estimate of drug-likeness (QED) is 0.802. The molecule has 3 aromatic rings. The Kier molecular flexibility index (Phi) is 3.39. The fourth-order valence-electron chi connectivity index (χ4n) is 2.27. The van der Waals surface area contributed by atoms with Crippen LogP contribution in [0.4, 0.5) is 5.82 Å². The molecule has 0 aliphatic heterocycles. The van der Waals surface area contributed by atoms with Crippen molar-refractivity contribution >= 4 is 28.3 Å². The first-order valence-electron chi connectivity index (χ1n) is 6.42. The highest BCUT2D eigenvalue weighted by atomic mass is 35.5. The zero-order valence-electron chi connectivity index (χ0n) is 11.7. The van der Waals surface area contributed by atoms with Gasteiger partial charge < -0.3 is 4.90 Å². The van der Waals surface area contributed by atoms with Crippen molar-refractivity contribution in [2.45, 2.75) is 6.54 Å². The molecule has 1 aromatic carbocycles. The summed E-state index contributed by atoms with van der Waals surface area (Å²) in [7, 11) is 3.71. The molecule has 0 aliphatic rings. The van der Waals surface area contributed by atoms with Gasteiger partial charge in [-0.05, 0) is 24.3 Å². The second-order valence-electron chi connectivity index (χ2n) is 4.94. The number of anilines is 1. The molecule has 7 heteroatoms. The molecular formula is C14H14ClN5O. The number of aromatic nitrogens is 4. The minimum absolute atomic E-state index is 0.317. The molecular weight excluding hydrogens is 290 g/mol. The van der Waals surface area contributed by atoms with E-state index in [4.69, 9.17) is 11.6 Å². The van der Waals surface area contributed by atoms with E-state index in [1.165, 1.54) is 0 Å². The molecule has 3 rings (SSSR count). The summed E-state index contributed by atoms with van der Waals surface area (Å²) >= 11 is 6.09. The highest BCUT2D eigenvalue weighted by molar-refractivity contribution is 6.31. The van der Waals surface area contributed by atoms with Gasteiger partial charge in [0.1, 0.15) is 5.82 Å². The molecule has 0 amide bonds. The lowest BCUT2D eigenvalue weighted by molar-refractivity contribution is 0.737. The van der Waals surface area contributed by atoms with Crippen molar-refractivity contribution in [3.8, 4) is 0 Å². The van der Waals surface area contributed by atoms with Crippen molar-refractivity contribution in [2.75, 3.05) is 19.0 Å². The van der Waals surface area contributed by atoms with Crippen LogP contribution in [-0.2, 0) is 6.54 Å². The second kappa shape index (κ2) is 5.21. The lowest BCUT2D eigenvalue weighted by Gasteiger charge is -2.17. The molecule has 0 spiro atoms. The highest BCUT2D eigenvalue weighted by Crippen LogP contribution is 2.25. The van der Waals surface area contributed by atoms with Crippen molar-refractivity contribution < 1.29 is 0 Å². The molecule has 0 bridgehead atoms. The van der Waals surface area contributed by atoms with Crippen LogP contribution in [0, 0.1) is 0 Å². The van der Waals surface area contributed by atoms with Gasteiger partial charge in [-0.25, -0.2) is 4.79 Å². The number of rotatable bonds is 3. The van der Waals surface area contributed by atoms with Crippen LogP contribution >= 0.6 is 11.6 Å². The molecule has 21 heavy (non-hydrogen) atoms. The van der Waals surface area contributed by atoms with Crippen LogP contribution in [0.5, 0.6) is 0 Å². The molecule has 0 saturated heterocycles. The zero-order valence-corrected chi connectivity index (χ0v) is 12.4. The monoisotopic (exact) mass is 303 g/mol. The van der Waals surface area contributed by atoms with Crippen molar-refractivity contribution in [1.82, 2.24) is 19.7 Å². The molecule has 0 unspecified atom stereocenters. The van der Waals surface area contributed by atoms with Gasteiger partial charge in [-0.1, -0.05) is 11.6 Å². The van der Waals surface area contributed by atoms with Gasteiger partial charge in [-0.15, -0.1) is 0 Å². The number of nitrogens with zero attached hydrogens (tertiary/aromatic N) is 4. The topological polar surface area (TPSA) is 66.8 Å². The maximum atomic E-state index is 12.3. The molecule has 1 N–H and O–H groups in total. The first kappa shape index (κ1) is 13.6. The number of H-pyrrole nitrogens is 1. The van der Waals surface area contributed by atoms with Gasteiger partial charge >= 0.3 is 5.69 Å². The van der Waals surface area contributed by atoms with E-state index < -0.39 is 0 Å². The molecule has 0 radical (unpaired) electrons. The SMILES string of the molecule is CN(C)c1nc(=O)n(Cc2ccn[nH]2)c2cc(Cl)ccc12. The third-order valence-corrected chi connectivity index (χ3v) is 3.47. The van der Waals surface area contributed by atoms with Crippen LogP contribution in [-0.4, -0.2) is 33.8 Å². The number of hydrogen-bond donors (Lipinski definition) is 1. The zero-order chi connectivity index (χ0) is 15.0. The summed E-state index contributed by atoms with van der Waals surface area (Å²) in [5.74, 6) is 0.632. The van der Waals surface area contributed by atoms with Gasteiger partial charge in [-0.2, -0.15) is 10.1 Å². The number of halogens is 1. The number of aromatic amines is 1. The summed E-state index contributed by atoms with van der Waals surface area (Å²) in [6, 6.07) is 7.28. The lowest BCUT2D eigenvalue weighted by Crippen LogP contribution is -2.27. The van der Waals surface area contributed by atoms with E-state index in [1.807, 2.05) is 31.1 Å². The Morgan fingerprint density at radius 3 is 2.81 bits per heavy atom. The number of nitrogens with one attached hydrogen (secondary N) is 1. The number of hydrogen-bond acceptors (Lipinski definition) is 4. The normalized spacial score (nSPS) is 11.0. The maximum Gasteiger partial charge on any atom is 0.350 e. The summed E-state index contributed by atoms with van der Waals surface area (Å²) in [6.45, 7) is 0.371. The summed E-state index contributed by atoms with van der Waals surface area (Å²) in [6.07, 6.45) is 1.65. The van der Waals surface area contributed by atoms with E-state index in [0.29, 0.717) is 17.4 Å². The lowest BCUT2D eigenvalue weighted by atomic mass is 10.2. The molecule has 0 aliphatic carbocycles. The summed E-state index contributed by atoms with van der Waals surface area (Å²) in [4.78, 5) is 18.3. The van der Waals surface area contributed by atoms with Crippen LogP contribution in [0.2, 0.25) is 5.02 Å². The van der Waals surface area contributed by atoms with Crippen LogP contribution in [0.25, 0.3) is 10.9 Å². The van der Waals surface area contributed by atoms with Crippen molar-refractivity contribution in [2.24, 2.45) is 0 Å². The molecule has 0 fully saturated rings. The average molecular weight is 304 g/mol. The van der Waals surface area contributed by atoms with E-state index in [0.717, 1.165) is 16.6 Å². The molecule has 0 saturated carbocycles. The Labute approximate surface area is 126 Å². The van der Waals surface area contributed by atoms with Crippen molar-refractivity contribution in [1.29, 1.82) is 0 Å². The largest absolute Gasteiger partial charge is 0.362 e. The van der Waals surface area contributed by atoms with Gasteiger partial charge in [0, 0.05) is 30.7 Å².